The third-order valence-corrected chi connectivity index (χ3v) is 5.54. The number of aromatic nitrogens is 2. The van der Waals surface area contributed by atoms with Crippen molar-refractivity contribution in [2.45, 2.75) is 5.16 Å². The molecule has 0 fully saturated rings. The van der Waals surface area contributed by atoms with Crippen molar-refractivity contribution in [3.05, 3.63) is 105 Å². The van der Waals surface area contributed by atoms with E-state index in [1.807, 2.05) is 18.2 Å². The number of benzene rings is 3. The van der Waals surface area contributed by atoms with Gasteiger partial charge in [0.2, 0.25) is 0 Å². The van der Waals surface area contributed by atoms with E-state index in [2.05, 4.69) is 15.5 Å². The molecule has 0 unspecified atom stereocenters. The lowest BCUT2D eigenvalue weighted by Crippen LogP contribution is -2.24. The van der Waals surface area contributed by atoms with Crippen LogP contribution in [0.5, 0.6) is 0 Å². The summed E-state index contributed by atoms with van der Waals surface area (Å²) in [7, 11) is 0. The molecule has 33 heavy (non-hydrogen) atoms. The first-order valence-corrected chi connectivity index (χ1v) is 10.8. The van der Waals surface area contributed by atoms with Gasteiger partial charge >= 0.3 is 0 Å². The molecule has 0 saturated carbocycles. The Morgan fingerprint density at radius 1 is 1.06 bits per heavy atom. The Labute approximate surface area is 191 Å². The molecular formula is C23H17N5O4S. The van der Waals surface area contributed by atoms with Gasteiger partial charge in [0.1, 0.15) is 0 Å². The molecular weight excluding hydrogens is 442 g/mol. The van der Waals surface area contributed by atoms with Gasteiger partial charge in [-0.3, -0.25) is 24.3 Å². The highest BCUT2D eigenvalue weighted by molar-refractivity contribution is 7.99. The van der Waals surface area contributed by atoms with Crippen LogP contribution in [0.3, 0.4) is 0 Å². The van der Waals surface area contributed by atoms with E-state index in [1.165, 1.54) is 35.0 Å². The summed E-state index contributed by atoms with van der Waals surface area (Å²) in [5.74, 6) is -0.407. The molecule has 0 bridgehead atoms. The van der Waals surface area contributed by atoms with Gasteiger partial charge in [0.15, 0.2) is 5.16 Å². The first-order chi connectivity index (χ1) is 16.0. The van der Waals surface area contributed by atoms with Gasteiger partial charge in [-0.15, -0.1) is 0 Å². The molecule has 4 aromatic rings. The van der Waals surface area contributed by atoms with E-state index in [0.29, 0.717) is 27.3 Å². The van der Waals surface area contributed by atoms with E-state index < -0.39 is 4.92 Å². The lowest BCUT2D eigenvalue weighted by atomic mass is 10.2. The number of nitrogens with one attached hydrogen (secondary N) is 1. The molecule has 10 heteroatoms. The molecule has 1 aromatic heterocycles. The zero-order valence-electron chi connectivity index (χ0n) is 17.1. The normalized spacial score (nSPS) is 11.0. The second-order valence-electron chi connectivity index (χ2n) is 6.82. The van der Waals surface area contributed by atoms with Gasteiger partial charge in [-0.1, -0.05) is 42.1 Å². The Morgan fingerprint density at radius 2 is 1.76 bits per heavy atom. The molecule has 164 valence electrons. The van der Waals surface area contributed by atoms with Crippen molar-refractivity contribution >= 4 is 40.5 Å². The second-order valence-corrected chi connectivity index (χ2v) is 7.76. The van der Waals surface area contributed by atoms with Gasteiger partial charge in [0.25, 0.3) is 17.2 Å². The molecule has 0 saturated heterocycles. The van der Waals surface area contributed by atoms with Gasteiger partial charge in [-0.25, -0.2) is 10.4 Å². The van der Waals surface area contributed by atoms with E-state index in [1.54, 1.807) is 36.4 Å². The van der Waals surface area contributed by atoms with E-state index in [0.717, 1.165) is 11.8 Å². The standard InChI is InChI=1S/C23H17N5O4S/c29-21(26-24-14-16-10-12-18(13-11-16)28(31)32)15-33-23-25-20-9-5-4-8-19(20)22(30)27(23)17-6-2-1-3-7-17/h1-14H,15H2,(H,26,29)/b24-14-. The number of thioether (sulfide) groups is 1. The number of nitro benzene ring substituents is 1. The lowest BCUT2D eigenvalue weighted by molar-refractivity contribution is -0.384. The number of carbonyl (C=O) groups excluding carboxylic acids is 1. The molecule has 0 aliphatic heterocycles. The summed E-state index contributed by atoms with van der Waals surface area (Å²) >= 11 is 1.12. The van der Waals surface area contributed by atoms with Gasteiger partial charge in [0.05, 0.1) is 33.5 Å². The van der Waals surface area contributed by atoms with Gasteiger partial charge in [-0.05, 0) is 42.0 Å². The van der Waals surface area contributed by atoms with Crippen molar-refractivity contribution in [2.24, 2.45) is 5.10 Å². The van der Waals surface area contributed by atoms with Crippen LogP contribution >= 0.6 is 11.8 Å². The summed E-state index contributed by atoms with van der Waals surface area (Å²) in [4.78, 5) is 40.2. The van der Waals surface area contributed by atoms with Crippen molar-refractivity contribution in [3.8, 4) is 5.69 Å². The summed E-state index contributed by atoms with van der Waals surface area (Å²) in [6.07, 6.45) is 1.39. The summed E-state index contributed by atoms with van der Waals surface area (Å²) in [5, 5.41) is 15.5. The maximum absolute atomic E-state index is 13.1. The molecule has 3 aromatic carbocycles. The maximum atomic E-state index is 13.1. The summed E-state index contributed by atoms with van der Waals surface area (Å²) < 4.78 is 1.49. The zero-order chi connectivity index (χ0) is 23.2. The van der Waals surface area contributed by atoms with Crippen molar-refractivity contribution in [1.29, 1.82) is 0 Å². The van der Waals surface area contributed by atoms with Crippen LogP contribution in [0.15, 0.2) is 93.9 Å². The molecule has 0 aliphatic carbocycles. The maximum Gasteiger partial charge on any atom is 0.269 e. The largest absolute Gasteiger partial charge is 0.272 e. The van der Waals surface area contributed by atoms with E-state index in [-0.39, 0.29) is 22.9 Å². The van der Waals surface area contributed by atoms with Crippen LogP contribution in [-0.2, 0) is 4.79 Å². The predicted molar refractivity (Wildman–Crippen MR) is 127 cm³/mol. The summed E-state index contributed by atoms with van der Waals surface area (Å²) in [6.45, 7) is 0. The highest BCUT2D eigenvalue weighted by Gasteiger charge is 2.14. The fourth-order valence-corrected chi connectivity index (χ4v) is 3.84. The fraction of sp³-hybridized carbons (Fsp3) is 0.0435. The lowest BCUT2D eigenvalue weighted by Gasteiger charge is -2.12. The van der Waals surface area contributed by atoms with Gasteiger partial charge in [0, 0.05) is 12.1 Å². The van der Waals surface area contributed by atoms with Crippen LogP contribution in [0, 0.1) is 10.1 Å². The number of carbonyl (C=O) groups is 1. The highest BCUT2D eigenvalue weighted by atomic mass is 32.2. The number of rotatable bonds is 7. The average molecular weight is 459 g/mol. The van der Waals surface area contributed by atoms with Crippen molar-refractivity contribution < 1.29 is 9.72 Å². The minimum atomic E-state index is -0.490. The third kappa shape index (κ3) is 5.13. The Kier molecular flexibility index (Phi) is 6.56. The first kappa shape index (κ1) is 21.9. The van der Waals surface area contributed by atoms with Gasteiger partial charge in [-0.2, -0.15) is 5.10 Å². The molecule has 4 rings (SSSR count). The number of amides is 1. The Bertz CT molecular complexity index is 1400. The zero-order valence-corrected chi connectivity index (χ0v) is 17.9. The number of hydrazone groups is 1. The third-order valence-electron chi connectivity index (χ3n) is 4.60. The van der Waals surface area contributed by atoms with Crippen LogP contribution in [0.2, 0.25) is 0 Å². The quantitative estimate of drug-likeness (QED) is 0.148. The Hall–Kier alpha value is -4.31. The molecule has 0 spiro atoms. The van der Waals surface area contributed by atoms with Crippen molar-refractivity contribution in [2.75, 3.05) is 5.75 Å². The molecule has 0 atom stereocenters. The molecule has 1 amide bonds. The van der Waals surface area contributed by atoms with E-state index >= 15 is 0 Å². The minimum absolute atomic E-state index is 0.0186. The second kappa shape index (κ2) is 9.88. The highest BCUT2D eigenvalue weighted by Crippen LogP contribution is 2.21. The number of hydrogen-bond acceptors (Lipinski definition) is 7. The number of fused-ring (bicyclic) bond motifs is 1. The van der Waals surface area contributed by atoms with Crippen LogP contribution < -0.4 is 11.0 Å². The Balaban J connectivity index is 1.50. The van der Waals surface area contributed by atoms with E-state index in [4.69, 9.17) is 0 Å². The molecule has 1 heterocycles. The molecule has 9 nitrogen and oxygen atoms in total. The molecule has 0 radical (unpaired) electrons. The predicted octanol–water partition coefficient (Wildman–Crippen LogP) is 3.54. The average Bonchev–Trinajstić information content (AvgIpc) is 2.84. The van der Waals surface area contributed by atoms with Crippen LogP contribution in [0.25, 0.3) is 16.6 Å². The number of nitro groups is 1. The van der Waals surface area contributed by atoms with E-state index in [9.17, 15) is 19.7 Å². The number of para-hydroxylation sites is 2. The Morgan fingerprint density at radius 3 is 2.48 bits per heavy atom. The molecule has 1 N–H and O–H groups in total. The minimum Gasteiger partial charge on any atom is -0.272 e. The van der Waals surface area contributed by atoms with Gasteiger partial charge < -0.3 is 0 Å². The number of non-ortho nitro benzene ring substituents is 1. The van der Waals surface area contributed by atoms with Crippen molar-refractivity contribution in [3.63, 3.8) is 0 Å². The number of hydrogen-bond donors (Lipinski definition) is 1. The summed E-state index contributed by atoms with van der Waals surface area (Å²) in [6, 6.07) is 21.9. The van der Waals surface area contributed by atoms with Crippen molar-refractivity contribution in [1.82, 2.24) is 15.0 Å². The molecule has 0 aliphatic rings. The topological polar surface area (TPSA) is 119 Å². The van der Waals surface area contributed by atoms with Crippen LogP contribution in [0.4, 0.5) is 5.69 Å². The first-order valence-electron chi connectivity index (χ1n) is 9.79. The SMILES string of the molecule is O=C(CSc1nc2ccccc2c(=O)n1-c1ccccc1)N/N=C\c1ccc([N+](=O)[O-])cc1. The number of nitrogens with zero attached hydrogens (tertiary/aromatic N) is 4. The van der Waals surface area contributed by atoms with Crippen LogP contribution in [-0.4, -0.2) is 32.3 Å². The van der Waals surface area contributed by atoms with Crippen LogP contribution in [0.1, 0.15) is 5.56 Å². The fourth-order valence-electron chi connectivity index (χ4n) is 3.04. The smallest absolute Gasteiger partial charge is 0.269 e. The summed E-state index contributed by atoms with van der Waals surface area (Å²) in [5.41, 5.74) is 3.97. The monoisotopic (exact) mass is 459 g/mol.